The first-order valence-electron chi connectivity index (χ1n) is 6.69. The third-order valence-electron chi connectivity index (χ3n) is 3.04. The molecule has 0 atom stereocenters. The molecule has 0 radical (unpaired) electrons. The summed E-state index contributed by atoms with van der Waals surface area (Å²) in [5, 5.41) is 3.45. The second-order valence-electron chi connectivity index (χ2n) is 4.92. The van der Waals surface area contributed by atoms with Crippen molar-refractivity contribution in [3.05, 3.63) is 34.9 Å². The Morgan fingerprint density at radius 3 is 2.50 bits per heavy atom. The van der Waals surface area contributed by atoms with E-state index in [1.807, 2.05) is 32.0 Å². The lowest BCUT2D eigenvalue weighted by Gasteiger charge is -2.24. The summed E-state index contributed by atoms with van der Waals surface area (Å²) in [4.78, 5) is 24.9. The summed E-state index contributed by atoms with van der Waals surface area (Å²) < 4.78 is 0. The van der Waals surface area contributed by atoms with Crippen molar-refractivity contribution in [1.29, 1.82) is 0 Å². The molecule has 0 saturated heterocycles. The fourth-order valence-electron chi connectivity index (χ4n) is 1.93. The van der Waals surface area contributed by atoms with Gasteiger partial charge in [0.1, 0.15) is 0 Å². The molecule has 2 amide bonds. The largest absolute Gasteiger partial charge is 0.352 e. The summed E-state index contributed by atoms with van der Waals surface area (Å²) in [5.41, 5.74) is 0.884. The predicted molar refractivity (Wildman–Crippen MR) is 80.4 cm³/mol. The van der Waals surface area contributed by atoms with Gasteiger partial charge in [0, 0.05) is 37.5 Å². The van der Waals surface area contributed by atoms with Crippen molar-refractivity contribution < 1.29 is 9.59 Å². The van der Waals surface area contributed by atoms with Crippen molar-refractivity contribution in [3.8, 4) is 0 Å². The first-order valence-corrected chi connectivity index (χ1v) is 7.07. The van der Waals surface area contributed by atoms with E-state index in [2.05, 4.69) is 5.32 Å². The van der Waals surface area contributed by atoms with E-state index < -0.39 is 0 Å². The van der Waals surface area contributed by atoms with Crippen LogP contribution in [0.5, 0.6) is 0 Å². The van der Waals surface area contributed by atoms with Gasteiger partial charge in [-0.05, 0) is 25.5 Å². The van der Waals surface area contributed by atoms with Gasteiger partial charge in [0.2, 0.25) is 11.8 Å². The molecular formula is C15H21ClN2O2. The average molecular weight is 297 g/mol. The number of amides is 2. The number of hydrogen-bond donors (Lipinski definition) is 1. The van der Waals surface area contributed by atoms with Crippen LogP contribution in [0.4, 0.5) is 0 Å². The maximum Gasteiger partial charge on any atom is 0.222 e. The lowest BCUT2D eigenvalue weighted by molar-refractivity contribution is -0.131. The van der Waals surface area contributed by atoms with Crippen LogP contribution in [0.2, 0.25) is 5.02 Å². The van der Waals surface area contributed by atoms with Crippen LogP contribution in [0, 0.1) is 0 Å². The summed E-state index contributed by atoms with van der Waals surface area (Å²) in [7, 11) is 0. The molecule has 4 nitrogen and oxygen atoms in total. The molecule has 0 aliphatic heterocycles. The standard InChI is InChI=1S/C15H21ClN2O2/c1-11(2)18(12(3)19)9-8-15(20)17-10-13-6-4-5-7-14(13)16/h4-7,11H,8-10H2,1-3H3,(H,17,20). The Labute approximate surface area is 125 Å². The molecule has 1 rings (SSSR count). The molecule has 1 N–H and O–H groups in total. The number of benzene rings is 1. The Morgan fingerprint density at radius 1 is 1.30 bits per heavy atom. The van der Waals surface area contributed by atoms with Gasteiger partial charge in [-0.25, -0.2) is 0 Å². The minimum Gasteiger partial charge on any atom is -0.352 e. The van der Waals surface area contributed by atoms with Crippen LogP contribution < -0.4 is 5.32 Å². The van der Waals surface area contributed by atoms with E-state index in [9.17, 15) is 9.59 Å². The van der Waals surface area contributed by atoms with Gasteiger partial charge in [-0.2, -0.15) is 0 Å². The minimum atomic E-state index is -0.0863. The molecule has 1 aromatic carbocycles. The van der Waals surface area contributed by atoms with Gasteiger partial charge in [-0.3, -0.25) is 9.59 Å². The highest BCUT2D eigenvalue weighted by Gasteiger charge is 2.14. The highest BCUT2D eigenvalue weighted by atomic mass is 35.5. The lowest BCUT2D eigenvalue weighted by Crippen LogP contribution is -2.38. The quantitative estimate of drug-likeness (QED) is 0.877. The van der Waals surface area contributed by atoms with Crippen molar-refractivity contribution in [2.24, 2.45) is 0 Å². The van der Waals surface area contributed by atoms with Gasteiger partial charge in [0.15, 0.2) is 0 Å². The third kappa shape index (κ3) is 5.21. The van der Waals surface area contributed by atoms with Crippen molar-refractivity contribution >= 4 is 23.4 Å². The van der Waals surface area contributed by atoms with Crippen LogP contribution in [0.3, 0.4) is 0 Å². The van der Waals surface area contributed by atoms with Crippen LogP contribution in [-0.2, 0) is 16.1 Å². The normalized spacial score (nSPS) is 10.4. The van der Waals surface area contributed by atoms with Crippen LogP contribution in [0.25, 0.3) is 0 Å². The van der Waals surface area contributed by atoms with Crippen LogP contribution in [0.15, 0.2) is 24.3 Å². The van der Waals surface area contributed by atoms with E-state index in [1.54, 1.807) is 11.0 Å². The monoisotopic (exact) mass is 296 g/mol. The van der Waals surface area contributed by atoms with Gasteiger partial charge >= 0.3 is 0 Å². The van der Waals surface area contributed by atoms with Gasteiger partial charge in [-0.1, -0.05) is 29.8 Å². The SMILES string of the molecule is CC(=O)N(CCC(=O)NCc1ccccc1Cl)C(C)C. The van der Waals surface area contributed by atoms with E-state index in [-0.39, 0.29) is 17.9 Å². The summed E-state index contributed by atoms with van der Waals surface area (Å²) in [6, 6.07) is 7.49. The van der Waals surface area contributed by atoms with Crippen molar-refractivity contribution in [1.82, 2.24) is 10.2 Å². The van der Waals surface area contributed by atoms with Crippen molar-refractivity contribution in [3.63, 3.8) is 0 Å². The number of nitrogens with one attached hydrogen (secondary N) is 1. The topological polar surface area (TPSA) is 49.4 Å². The number of nitrogens with zero attached hydrogens (tertiary/aromatic N) is 1. The molecule has 0 aromatic heterocycles. The molecule has 0 bridgehead atoms. The maximum atomic E-state index is 11.8. The zero-order valence-electron chi connectivity index (χ0n) is 12.1. The molecular weight excluding hydrogens is 276 g/mol. The van der Waals surface area contributed by atoms with E-state index in [0.717, 1.165) is 5.56 Å². The van der Waals surface area contributed by atoms with E-state index in [1.165, 1.54) is 6.92 Å². The fraction of sp³-hybridized carbons (Fsp3) is 0.467. The number of carbonyl (C=O) groups is 2. The second kappa shape index (κ2) is 7.90. The van der Waals surface area contributed by atoms with Gasteiger partial charge in [-0.15, -0.1) is 0 Å². The molecule has 0 unspecified atom stereocenters. The summed E-state index contributed by atoms with van der Waals surface area (Å²) in [5.74, 6) is -0.101. The van der Waals surface area contributed by atoms with E-state index in [4.69, 9.17) is 11.6 Å². The van der Waals surface area contributed by atoms with Crippen LogP contribution >= 0.6 is 11.6 Å². The van der Waals surface area contributed by atoms with Gasteiger partial charge in [0.05, 0.1) is 0 Å². The molecule has 5 heteroatoms. The molecule has 0 spiro atoms. The first-order chi connectivity index (χ1) is 9.41. The van der Waals surface area contributed by atoms with Crippen LogP contribution in [-0.4, -0.2) is 29.3 Å². The maximum absolute atomic E-state index is 11.8. The number of rotatable bonds is 6. The molecule has 0 heterocycles. The Balaban J connectivity index is 2.41. The molecule has 0 saturated carbocycles. The Morgan fingerprint density at radius 2 is 1.95 bits per heavy atom. The summed E-state index contributed by atoms with van der Waals surface area (Å²) in [6.07, 6.45) is 0.294. The molecule has 0 aliphatic rings. The molecule has 0 aliphatic carbocycles. The Kier molecular flexibility index (Phi) is 6.52. The molecule has 1 aromatic rings. The average Bonchev–Trinajstić information content (AvgIpc) is 2.37. The van der Waals surface area contributed by atoms with Crippen molar-refractivity contribution in [2.45, 2.75) is 39.8 Å². The number of halogens is 1. The Bertz CT molecular complexity index is 475. The summed E-state index contributed by atoms with van der Waals surface area (Å²) in [6.45, 7) is 6.22. The van der Waals surface area contributed by atoms with Gasteiger partial charge < -0.3 is 10.2 Å². The molecule has 20 heavy (non-hydrogen) atoms. The van der Waals surface area contributed by atoms with E-state index in [0.29, 0.717) is 24.5 Å². The molecule has 110 valence electrons. The minimum absolute atomic E-state index is 0.0149. The lowest BCUT2D eigenvalue weighted by atomic mass is 10.2. The predicted octanol–water partition coefficient (Wildman–Crippen LogP) is 2.60. The number of hydrogen-bond acceptors (Lipinski definition) is 2. The third-order valence-corrected chi connectivity index (χ3v) is 3.41. The first kappa shape index (κ1) is 16.5. The molecule has 0 fully saturated rings. The second-order valence-corrected chi connectivity index (χ2v) is 5.33. The highest BCUT2D eigenvalue weighted by Crippen LogP contribution is 2.14. The summed E-state index contributed by atoms with van der Waals surface area (Å²) >= 11 is 6.01. The zero-order chi connectivity index (χ0) is 15.1. The zero-order valence-corrected chi connectivity index (χ0v) is 12.9. The Hall–Kier alpha value is -1.55. The number of carbonyl (C=O) groups excluding carboxylic acids is 2. The fourth-order valence-corrected chi connectivity index (χ4v) is 2.13. The highest BCUT2D eigenvalue weighted by molar-refractivity contribution is 6.31. The van der Waals surface area contributed by atoms with Gasteiger partial charge in [0.25, 0.3) is 0 Å². The van der Waals surface area contributed by atoms with Crippen LogP contribution in [0.1, 0.15) is 32.8 Å². The van der Waals surface area contributed by atoms with Crippen molar-refractivity contribution in [2.75, 3.05) is 6.54 Å². The van der Waals surface area contributed by atoms with E-state index >= 15 is 0 Å². The smallest absolute Gasteiger partial charge is 0.222 e.